The van der Waals surface area contributed by atoms with Crippen LogP contribution in [0.1, 0.15) is 11.1 Å². The molecule has 0 saturated carbocycles. The molecule has 0 atom stereocenters. The van der Waals surface area contributed by atoms with E-state index in [1.165, 1.54) is 6.07 Å². The Kier molecular flexibility index (Phi) is 5.95. The van der Waals surface area contributed by atoms with Crippen molar-refractivity contribution in [2.24, 2.45) is 7.05 Å². The Balaban J connectivity index is 1.56. The largest absolute Gasteiger partial charge is 0.350 e. The minimum absolute atomic E-state index is 0.0698. The van der Waals surface area contributed by atoms with Crippen LogP contribution in [0.2, 0.25) is 5.02 Å². The molecular weight excluding hydrogens is 446 g/mol. The van der Waals surface area contributed by atoms with Crippen molar-refractivity contribution in [1.29, 1.82) is 0 Å². The van der Waals surface area contributed by atoms with Gasteiger partial charge in [0, 0.05) is 29.8 Å². The zero-order valence-corrected chi connectivity index (χ0v) is 19.2. The highest BCUT2D eigenvalue weighted by atomic mass is 35.5. The maximum Gasteiger partial charge on any atom is 0.262 e. The summed E-state index contributed by atoms with van der Waals surface area (Å²) in [5.41, 5.74) is 3.20. The number of carbonyl (C=O) groups excluding carboxylic acids is 1. The average molecular weight is 468 g/mol. The number of hydrogen-bond donors (Lipinski definition) is 2. The summed E-state index contributed by atoms with van der Waals surface area (Å²) in [6.07, 6.45) is 2.11. The number of halogens is 1. The van der Waals surface area contributed by atoms with Crippen LogP contribution in [0.25, 0.3) is 10.9 Å². The minimum atomic E-state index is -3.90. The smallest absolute Gasteiger partial charge is 0.262 e. The number of aromatic nitrogens is 1. The number of fused-ring (bicyclic) bond motifs is 1. The molecule has 4 rings (SSSR count). The Labute approximate surface area is 191 Å². The molecule has 0 fully saturated rings. The number of hydrogen-bond acceptors (Lipinski definition) is 3. The van der Waals surface area contributed by atoms with E-state index in [-0.39, 0.29) is 17.2 Å². The average Bonchev–Trinajstić information content (AvgIpc) is 3.06. The van der Waals surface area contributed by atoms with Gasteiger partial charge in [0.2, 0.25) is 5.91 Å². The van der Waals surface area contributed by atoms with Crippen LogP contribution in [0.5, 0.6) is 0 Å². The van der Waals surface area contributed by atoms with Crippen molar-refractivity contribution in [3.05, 3.63) is 89.1 Å². The Bertz CT molecular complexity index is 1430. The lowest BCUT2D eigenvalue weighted by Crippen LogP contribution is -2.17. The summed E-state index contributed by atoms with van der Waals surface area (Å²) >= 11 is 6.09. The van der Waals surface area contributed by atoms with Gasteiger partial charge in [0.1, 0.15) is 0 Å². The lowest BCUT2D eigenvalue weighted by atomic mass is 10.1. The molecule has 32 heavy (non-hydrogen) atoms. The second-order valence-electron chi connectivity index (χ2n) is 7.57. The van der Waals surface area contributed by atoms with Crippen LogP contribution in [0.15, 0.2) is 77.8 Å². The number of anilines is 2. The molecule has 8 heteroatoms. The molecule has 0 radical (unpaired) electrons. The number of amides is 1. The third-order valence-corrected chi connectivity index (χ3v) is 7.05. The summed E-state index contributed by atoms with van der Waals surface area (Å²) in [6, 6.07) is 19.3. The number of carbonyl (C=O) groups is 1. The Morgan fingerprint density at radius 3 is 2.53 bits per heavy atom. The van der Waals surface area contributed by atoms with E-state index in [9.17, 15) is 13.2 Å². The second kappa shape index (κ2) is 8.68. The van der Waals surface area contributed by atoms with Crippen molar-refractivity contribution >= 4 is 49.8 Å². The second-order valence-corrected chi connectivity index (χ2v) is 9.63. The highest BCUT2D eigenvalue weighted by Crippen LogP contribution is 2.27. The zero-order valence-electron chi connectivity index (χ0n) is 17.6. The third-order valence-electron chi connectivity index (χ3n) is 5.21. The van der Waals surface area contributed by atoms with Gasteiger partial charge in [-0.05, 0) is 48.4 Å². The first-order valence-corrected chi connectivity index (χ1v) is 11.8. The summed E-state index contributed by atoms with van der Waals surface area (Å²) in [5.74, 6) is -0.229. The fraction of sp³-hybridized carbons (Fsp3) is 0.125. The molecule has 0 bridgehead atoms. The summed E-state index contributed by atoms with van der Waals surface area (Å²) in [6.45, 7) is 1.70. The summed E-state index contributed by atoms with van der Waals surface area (Å²) in [7, 11) is -1.96. The number of benzene rings is 3. The van der Waals surface area contributed by atoms with Crippen LogP contribution in [0.3, 0.4) is 0 Å². The molecule has 6 nitrogen and oxygen atoms in total. The van der Waals surface area contributed by atoms with Gasteiger partial charge in [0.25, 0.3) is 10.0 Å². The SMILES string of the molecule is Cc1ccc(NC(=O)Cc2cn(C)c3ccccc23)cc1S(=O)(=O)Nc1ccccc1Cl. The molecule has 2 N–H and O–H groups in total. The number of nitrogens with one attached hydrogen (secondary N) is 2. The number of rotatable bonds is 6. The van der Waals surface area contributed by atoms with Crippen molar-refractivity contribution < 1.29 is 13.2 Å². The predicted molar refractivity (Wildman–Crippen MR) is 129 cm³/mol. The van der Waals surface area contributed by atoms with Crippen molar-refractivity contribution in [3.63, 3.8) is 0 Å². The molecule has 4 aromatic rings. The normalized spacial score (nSPS) is 11.5. The molecule has 0 unspecified atom stereocenters. The molecule has 1 heterocycles. The first-order valence-electron chi connectivity index (χ1n) is 9.95. The highest BCUT2D eigenvalue weighted by molar-refractivity contribution is 7.92. The van der Waals surface area contributed by atoms with Crippen LogP contribution < -0.4 is 10.0 Å². The molecule has 0 spiro atoms. The molecule has 1 aromatic heterocycles. The Hall–Kier alpha value is -3.29. The lowest BCUT2D eigenvalue weighted by Gasteiger charge is -2.13. The van der Waals surface area contributed by atoms with E-state index in [0.717, 1.165) is 16.5 Å². The van der Waals surface area contributed by atoms with Crippen LogP contribution >= 0.6 is 11.6 Å². The van der Waals surface area contributed by atoms with Gasteiger partial charge in [-0.25, -0.2) is 8.42 Å². The van der Waals surface area contributed by atoms with E-state index >= 15 is 0 Å². The van der Waals surface area contributed by atoms with Crippen LogP contribution in [0, 0.1) is 6.92 Å². The van der Waals surface area contributed by atoms with Gasteiger partial charge in [-0.2, -0.15) is 0 Å². The molecule has 164 valence electrons. The standard InChI is InChI=1S/C24H22ClN3O3S/c1-16-11-12-18(14-23(16)32(30,31)27-21-9-5-4-8-20(21)25)26-24(29)13-17-15-28(2)22-10-6-3-7-19(17)22/h3-12,14-15,27H,13H2,1-2H3,(H,26,29). The first kappa shape index (κ1) is 21.9. The van der Waals surface area contributed by atoms with E-state index in [1.54, 1.807) is 43.3 Å². The van der Waals surface area contributed by atoms with Crippen molar-refractivity contribution in [1.82, 2.24) is 4.57 Å². The maximum absolute atomic E-state index is 13.0. The quantitative estimate of drug-likeness (QED) is 0.413. The molecule has 0 saturated heterocycles. The third kappa shape index (κ3) is 4.49. The van der Waals surface area contributed by atoms with Gasteiger partial charge in [0.15, 0.2) is 0 Å². The van der Waals surface area contributed by atoms with E-state index in [0.29, 0.717) is 22.0 Å². The monoisotopic (exact) mass is 467 g/mol. The highest BCUT2D eigenvalue weighted by Gasteiger charge is 2.19. The number of nitrogens with zero attached hydrogens (tertiary/aromatic N) is 1. The van der Waals surface area contributed by atoms with Crippen molar-refractivity contribution in [2.75, 3.05) is 10.0 Å². The molecule has 0 aliphatic carbocycles. The summed E-state index contributed by atoms with van der Waals surface area (Å²) < 4.78 is 30.4. The fourth-order valence-corrected chi connectivity index (χ4v) is 5.25. The van der Waals surface area contributed by atoms with E-state index in [2.05, 4.69) is 10.0 Å². The van der Waals surface area contributed by atoms with Gasteiger partial charge in [-0.1, -0.05) is 48.0 Å². The minimum Gasteiger partial charge on any atom is -0.350 e. The van der Waals surface area contributed by atoms with Gasteiger partial charge in [-0.3, -0.25) is 9.52 Å². The van der Waals surface area contributed by atoms with Crippen LogP contribution in [-0.2, 0) is 28.3 Å². The fourth-order valence-electron chi connectivity index (χ4n) is 3.66. The van der Waals surface area contributed by atoms with E-state index < -0.39 is 10.0 Å². The predicted octanol–water partition coefficient (Wildman–Crippen LogP) is 5.12. The van der Waals surface area contributed by atoms with Crippen LogP contribution in [-0.4, -0.2) is 18.9 Å². The van der Waals surface area contributed by atoms with Gasteiger partial charge in [0.05, 0.1) is 22.0 Å². The molecule has 0 aliphatic rings. The number of aryl methyl sites for hydroxylation is 2. The summed E-state index contributed by atoms with van der Waals surface area (Å²) in [4.78, 5) is 12.8. The molecule has 1 amide bonds. The Morgan fingerprint density at radius 2 is 1.75 bits per heavy atom. The van der Waals surface area contributed by atoms with Gasteiger partial charge in [-0.15, -0.1) is 0 Å². The Morgan fingerprint density at radius 1 is 1.03 bits per heavy atom. The van der Waals surface area contributed by atoms with Crippen LogP contribution in [0.4, 0.5) is 11.4 Å². The zero-order chi connectivity index (χ0) is 22.9. The summed E-state index contributed by atoms with van der Waals surface area (Å²) in [5, 5.41) is 4.13. The molecule has 3 aromatic carbocycles. The van der Waals surface area contributed by atoms with Gasteiger partial charge < -0.3 is 9.88 Å². The van der Waals surface area contributed by atoms with E-state index in [4.69, 9.17) is 11.6 Å². The molecular formula is C24H22ClN3O3S. The lowest BCUT2D eigenvalue weighted by molar-refractivity contribution is -0.115. The topological polar surface area (TPSA) is 80.2 Å². The van der Waals surface area contributed by atoms with Crippen molar-refractivity contribution in [2.45, 2.75) is 18.2 Å². The number of para-hydroxylation sites is 2. The van der Waals surface area contributed by atoms with Gasteiger partial charge >= 0.3 is 0 Å². The van der Waals surface area contributed by atoms with E-state index in [1.807, 2.05) is 42.1 Å². The van der Waals surface area contributed by atoms with Crippen molar-refractivity contribution in [3.8, 4) is 0 Å². The maximum atomic E-state index is 13.0. The first-order chi connectivity index (χ1) is 15.2. The number of sulfonamides is 1. The molecule has 0 aliphatic heterocycles.